The average molecular weight is 244 g/mol. The van der Waals surface area contributed by atoms with Gasteiger partial charge in [-0.05, 0) is 57.1 Å². The van der Waals surface area contributed by atoms with Crippen molar-refractivity contribution in [2.24, 2.45) is 0 Å². The Kier molecular flexibility index (Phi) is 5.23. The molecule has 16 heavy (non-hydrogen) atoms. The highest BCUT2D eigenvalue weighted by molar-refractivity contribution is 6.20. The summed E-state index contributed by atoms with van der Waals surface area (Å²) in [6, 6.07) is 4.94. The van der Waals surface area contributed by atoms with Crippen molar-refractivity contribution in [1.29, 1.82) is 0 Å². The Balaban J connectivity index is 2.52. The van der Waals surface area contributed by atoms with Crippen LogP contribution in [0.2, 0.25) is 0 Å². The summed E-state index contributed by atoms with van der Waals surface area (Å²) in [5.41, 5.74) is 2.18. The zero-order chi connectivity index (χ0) is 12.1. The van der Waals surface area contributed by atoms with Crippen LogP contribution in [0, 0.1) is 12.7 Å². The summed E-state index contributed by atoms with van der Waals surface area (Å²) in [6.45, 7) is 5.74. The molecule has 1 unspecified atom stereocenters. The number of nitrogens with zero attached hydrogens (tertiary/aromatic N) is 1. The summed E-state index contributed by atoms with van der Waals surface area (Å²) in [6.07, 6.45) is 0.971. The zero-order valence-corrected chi connectivity index (χ0v) is 10.9. The van der Waals surface area contributed by atoms with Gasteiger partial charge >= 0.3 is 0 Å². The Morgan fingerprint density at radius 2 is 2.12 bits per heavy atom. The van der Waals surface area contributed by atoms with Crippen molar-refractivity contribution in [3.05, 3.63) is 35.1 Å². The summed E-state index contributed by atoms with van der Waals surface area (Å²) in [5, 5.41) is 0.205. The minimum Gasteiger partial charge on any atom is -0.302 e. The van der Waals surface area contributed by atoms with Crippen LogP contribution in [0.3, 0.4) is 0 Å². The second kappa shape index (κ2) is 6.21. The summed E-state index contributed by atoms with van der Waals surface area (Å²) in [4.78, 5) is 2.21. The Hall–Kier alpha value is -0.600. The van der Waals surface area contributed by atoms with Crippen molar-refractivity contribution in [2.75, 3.05) is 13.6 Å². The lowest BCUT2D eigenvalue weighted by molar-refractivity contribution is 0.321. The molecule has 0 spiro atoms. The van der Waals surface area contributed by atoms with E-state index in [-0.39, 0.29) is 11.2 Å². The molecule has 0 radical (unpaired) electrons. The van der Waals surface area contributed by atoms with E-state index in [1.54, 1.807) is 6.07 Å². The fourth-order valence-corrected chi connectivity index (χ4v) is 1.70. The van der Waals surface area contributed by atoms with Gasteiger partial charge < -0.3 is 4.90 Å². The Labute approximate surface area is 102 Å². The predicted octanol–water partition coefficient (Wildman–Crippen LogP) is 3.58. The highest BCUT2D eigenvalue weighted by Crippen LogP contribution is 2.12. The summed E-state index contributed by atoms with van der Waals surface area (Å²) < 4.78 is 12.9. The lowest BCUT2D eigenvalue weighted by atomic mass is 10.1. The van der Waals surface area contributed by atoms with Crippen molar-refractivity contribution in [1.82, 2.24) is 4.90 Å². The number of alkyl halides is 1. The van der Waals surface area contributed by atoms with Crippen molar-refractivity contribution >= 4 is 11.6 Å². The van der Waals surface area contributed by atoms with Gasteiger partial charge in [-0.3, -0.25) is 0 Å². The Morgan fingerprint density at radius 3 is 2.69 bits per heavy atom. The molecule has 0 aliphatic heterocycles. The Morgan fingerprint density at radius 1 is 1.44 bits per heavy atom. The molecule has 0 aliphatic rings. The molecular formula is C13H19ClFN. The van der Waals surface area contributed by atoms with Gasteiger partial charge in [0.15, 0.2) is 0 Å². The van der Waals surface area contributed by atoms with Crippen LogP contribution in [-0.2, 0) is 6.54 Å². The first-order valence-electron chi connectivity index (χ1n) is 5.56. The number of hydrogen-bond acceptors (Lipinski definition) is 1. The average Bonchev–Trinajstić information content (AvgIpc) is 2.19. The van der Waals surface area contributed by atoms with Gasteiger partial charge in [0, 0.05) is 11.9 Å². The monoisotopic (exact) mass is 243 g/mol. The molecule has 0 fully saturated rings. The van der Waals surface area contributed by atoms with Gasteiger partial charge in [0.2, 0.25) is 0 Å². The van der Waals surface area contributed by atoms with Crippen molar-refractivity contribution in [2.45, 2.75) is 32.2 Å². The van der Waals surface area contributed by atoms with Crippen LogP contribution in [0.1, 0.15) is 24.5 Å². The van der Waals surface area contributed by atoms with E-state index in [4.69, 9.17) is 11.6 Å². The number of halogens is 2. The van der Waals surface area contributed by atoms with E-state index in [2.05, 4.69) is 11.9 Å². The maximum absolute atomic E-state index is 12.9. The minimum atomic E-state index is -0.168. The first-order chi connectivity index (χ1) is 7.49. The molecule has 1 rings (SSSR count). The van der Waals surface area contributed by atoms with Gasteiger partial charge in [0.1, 0.15) is 5.82 Å². The summed E-state index contributed by atoms with van der Waals surface area (Å²) in [5.74, 6) is -0.168. The second-order valence-corrected chi connectivity index (χ2v) is 5.12. The third-order valence-electron chi connectivity index (χ3n) is 2.65. The standard InChI is InChI=1S/C13H19ClFN/c1-10-8-13(15)5-4-12(10)9-16(3)7-6-11(2)14/h4-5,8,11H,6-7,9H2,1-3H3. The van der Waals surface area contributed by atoms with Gasteiger partial charge in [-0.2, -0.15) is 0 Å². The quantitative estimate of drug-likeness (QED) is 0.715. The Bertz CT molecular complexity index is 339. The molecule has 1 nitrogen and oxygen atoms in total. The molecule has 0 aliphatic carbocycles. The fourth-order valence-electron chi connectivity index (χ4n) is 1.60. The molecule has 0 heterocycles. The van der Waals surface area contributed by atoms with Crippen molar-refractivity contribution in [3.63, 3.8) is 0 Å². The lowest BCUT2D eigenvalue weighted by Gasteiger charge is -2.18. The molecule has 1 aromatic rings. The molecule has 1 aromatic carbocycles. The third-order valence-corrected chi connectivity index (χ3v) is 2.87. The SMILES string of the molecule is Cc1cc(F)ccc1CN(C)CCC(C)Cl. The van der Waals surface area contributed by atoms with E-state index < -0.39 is 0 Å². The van der Waals surface area contributed by atoms with E-state index >= 15 is 0 Å². The van der Waals surface area contributed by atoms with E-state index in [0.717, 1.165) is 25.1 Å². The molecule has 0 saturated carbocycles. The van der Waals surface area contributed by atoms with E-state index in [1.807, 2.05) is 19.9 Å². The molecule has 0 bridgehead atoms. The lowest BCUT2D eigenvalue weighted by Crippen LogP contribution is -2.21. The summed E-state index contributed by atoms with van der Waals surface area (Å²) >= 11 is 5.90. The number of hydrogen-bond donors (Lipinski definition) is 0. The largest absolute Gasteiger partial charge is 0.302 e. The number of benzene rings is 1. The molecule has 3 heteroatoms. The van der Waals surface area contributed by atoms with Crippen LogP contribution < -0.4 is 0 Å². The van der Waals surface area contributed by atoms with E-state index in [9.17, 15) is 4.39 Å². The van der Waals surface area contributed by atoms with Crippen LogP contribution in [-0.4, -0.2) is 23.9 Å². The summed E-state index contributed by atoms with van der Waals surface area (Å²) in [7, 11) is 2.06. The second-order valence-electron chi connectivity index (χ2n) is 4.38. The normalized spacial score (nSPS) is 13.1. The van der Waals surface area contributed by atoms with Gasteiger partial charge in [-0.25, -0.2) is 4.39 Å². The minimum absolute atomic E-state index is 0.168. The molecule has 0 amide bonds. The first-order valence-corrected chi connectivity index (χ1v) is 6.00. The van der Waals surface area contributed by atoms with Crippen LogP contribution >= 0.6 is 11.6 Å². The molecule has 0 saturated heterocycles. The van der Waals surface area contributed by atoms with Crippen LogP contribution in [0.25, 0.3) is 0 Å². The molecule has 90 valence electrons. The van der Waals surface area contributed by atoms with Crippen LogP contribution in [0.5, 0.6) is 0 Å². The van der Waals surface area contributed by atoms with E-state index in [0.29, 0.717) is 0 Å². The molecular weight excluding hydrogens is 225 g/mol. The van der Waals surface area contributed by atoms with E-state index in [1.165, 1.54) is 11.6 Å². The third kappa shape index (κ3) is 4.50. The van der Waals surface area contributed by atoms with Gasteiger partial charge in [-0.15, -0.1) is 11.6 Å². The van der Waals surface area contributed by atoms with Gasteiger partial charge in [0.05, 0.1) is 0 Å². The number of rotatable bonds is 5. The van der Waals surface area contributed by atoms with Crippen LogP contribution in [0.4, 0.5) is 4.39 Å². The zero-order valence-electron chi connectivity index (χ0n) is 10.1. The van der Waals surface area contributed by atoms with Gasteiger partial charge in [-0.1, -0.05) is 6.07 Å². The number of aryl methyl sites for hydroxylation is 1. The maximum atomic E-state index is 12.9. The van der Waals surface area contributed by atoms with Crippen molar-refractivity contribution in [3.8, 4) is 0 Å². The van der Waals surface area contributed by atoms with Crippen LogP contribution in [0.15, 0.2) is 18.2 Å². The van der Waals surface area contributed by atoms with Gasteiger partial charge in [0.25, 0.3) is 0 Å². The maximum Gasteiger partial charge on any atom is 0.123 e. The van der Waals surface area contributed by atoms with Crippen molar-refractivity contribution < 1.29 is 4.39 Å². The topological polar surface area (TPSA) is 3.24 Å². The highest BCUT2D eigenvalue weighted by Gasteiger charge is 2.05. The highest BCUT2D eigenvalue weighted by atomic mass is 35.5. The first kappa shape index (κ1) is 13.5. The fraction of sp³-hybridized carbons (Fsp3) is 0.538. The molecule has 0 N–H and O–H groups in total. The molecule has 1 atom stereocenters. The predicted molar refractivity (Wildman–Crippen MR) is 67.4 cm³/mol. The smallest absolute Gasteiger partial charge is 0.123 e. The molecule has 0 aromatic heterocycles.